The van der Waals surface area contributed by atoms with Crippen LogP contribution in [0, 0.1) is 0 Å². The largest absolute Gasteiger partial charge is 0.353 e. The summed E-state index contributed by atoms with van der Waals surface area (Å²) in [6.07, 6.45) is 1.67. The minimum absolute atomic E-state index is 0.400. The van der Waals surface area contributed by atoms with E-state index >= 15 is 0 Å². The Balaban J connectivity index is 2.22. The monoisotopic (exact) mass is 294 g/mol. The Kier molecular flexibility index (Phi) is 5.06. The van der Waals surface area contributed by atoms with E-state index in [4.69, 9.17) is 23.2 Å². The maximum atomic E-state index is 6.04. The molecular weight excluding hydrogens is 279 g/mol. The molecule has 0 aliphatic heterocycles. The molecular formula is C15H16Cl2N2. The van der Waals surface area contributed by atoms with Gasteiger partial charge in [-0.3, -0.25) is 0 Å². The lowest BCUT2D eigenvalue weighted by molar-refractivity contribution is 0.813. The normalized spacial score (nSPS) is 10.5. The zero-order valence-corrected chi connectivity index (χ0v) is 12.3. The number of rotatable bonds is 5. The van der Waals surface area contributed by atoms with Gasteiger partial charge in [-0.2, -0.15) is 0 Å². The average molecular weight is 295 g/mol. The zero-order chi connectivity index (χ0) is 13.7. The molecule has 0 spiro atoms. The van der Waals surface area contributed by atoms with Crippen LogP contribution in [0.3, 0.4) is 0 Å². The summed E-state index contributed by atoms with van der Waals surface area (Å²) < 4.78 is 0. The van der Waals surface area contributed by atoms with Crippen molar-refractivity contribution in [2.24, 2.45) is 0 Å². The van der Waals surface area contributed by atoms with Crippen molar-refractivity contribution in [2.45, 2.75) is 19.3 Å². The van der Waals surface area contributed by atoms with Gasteiger partial charge in [0.25, 0.3) is 0 Å². The molecule has 2 rings (SSSR count). The molecule has 0 bridgehead atoms. The quantitative estimate of drug-likeness (QED) is 0.755. The van der Waals surface area contributed by atoms with Crippen molar-refractivity contribution in [1.29, 1.82) is 0 Å². The molecule has 2 aromatic rings. The highest BCUT2D eigenvalue weighted by Crippen LogP contribution is 2.23. The Morgan fingerprint density at radius 1 is 1.21 bits per heavy atom. The predicted molar refractivity (Wildman–Crippen MR) is 82.0 cm³/mol. The third kappa shape index (κ3) is 3.62. The minimum Gasteiger partial charge on any atom is -0.353 e. The molecule has 100 valence electrons. The highest BCUT2D eigenvalue weighted by molar-refractivity contribution is 6.32. The van der Waals surface area contributed by atoms with Crippen molar-refractivity contribution in [2.75, 3.05) is 11.4 Å². The number of hydrogen-bond donors (Lipinski definition) is 0. The number of alkyl halides is 1. The molecule has 2 nitrogen and oxygen atoms in total. The van der Waals surface area contributed by atoms with E-state index in [-0.39, 0.29) is 0 Å². The second-order valence-corrected chi connectivity index (χ2v) is 4.94. The van der Waals surface area contributed by atoms with Gasteiger partial charge in [0, 0.05) is 25.2 Å². The second kappa shape index (κ2) is 6.78. The van der Waals surface area contributed by atoms with E-state index in [1.807, 2.05) is 24.3 Å². The molecule has 0 unspecified atom stereocenters. The summed E-state index contributed by atoms with van der Waals surface area (Å²) in [5, 5.41) is 0.620. The summed E-state index contributed by atoms with van der Waals surface area (Å²) in [4.78, 5) is 6.59. The van der Waals surface area contributed by atoms with Gasteiger partial charge in [0.1, 0.15) is 5.82 Å². The fraction of sp³-hybridized carbons (Fsp3) is 0.267. The van der Waals surface area contributed by atoms with E-state index in [2.05, 4.69) is 28.9 Å². The van der Waals surface area contributed by atoms with Gasteiger partial charge < -0.3 is 4.90 Å². The van der Waals surface area contributed by atoms with E-state index < -0.39 is 0 Å². The van der Waals surface area contributed by atoms with Crippen LogP contribution in [0.25, 0.3) is 0 Å². The Morgan fingerprint density at radius 2 is 1.95 bits per heavy atom. The lowest BCUT2D eigenvalue weighted by Gasteiger charge is -2.22. The number of aromatic nitrogens is 1. The summed E-state index contributed by atoms with van der Waals surface area (Å²) >= 11 is 11.9. The van der Waals surface area contributed by atoms with Crippen LogP contribution in [0.15, 0.2) is 42.6 Å². The van der Waals surface area contributed by atoms with Crippen LogP contribution >= 0.6 is 23.2 Å². The number of anilines is 1. The van der Waals surface area contributed by atoms with E-state index in [1.54, 1.807) is 6.20 Å². The van der Waals surface area contributed by atoms with Gasteiger partial charge in [0.05, 0.1) is 5.02 Å². The summed E-state index contributed by atoms with van der Waals surface area (Å²) in [6.45, 7) is 3.82. The number of halogens is 2. The van der Waals surface area contributed by atoms with Crippen molar-refractivity contribution in [1.82, 2.24) is 4.98 Å². The van der Waals surface area contributed by atoms with E-state index in [9.17, 15) is 0 Å². The summed E-state index contributed by atoms with van der Waals surface area (Å²) in [7, 11) is 0. The van der Waals surface area contributed by atoms with Crippen molar-refractivity contribution in [3.05, 3.63) is 58.7 Å². The highest BCUT2D eigenvalue weighted by Gasteiger charge is 2.09. The first-order valence-corrected chi connectivity index (χ1v) is 7.15. The Labute approximate surface area is 124 Å². The Hall–Kier alpha value is -1.25. The maximum absolute atomic E-state index is 6.04. The molecule has 1 heterocycles. The summed E-state index contributed by atoms with van der Waals surface area (Å²) in [6, 6.07) is 12.3. The van der Waals surface area contributed by atoms with Crippen LogP contribution in [-0.4, -0.2) is 11.5 Å². The topological polar surface area (TPSA) is 16.1 Å². The fourth-order valence-corrected chi connectivity index (χ4v) is 2.36. The lowest BCUT2D eigenvalue weighted by atomic mass is 10.2. The lowest BCUT2D eigenvalue weighted by Crippen LogP contribution is -2.23. The van der Waals surface area contributed by atoms with Gasteiger partial charge in [-0.1, -0.05) is 41.9 Å². The molecule has 19 heavy (non-hydrogen) atoms. The van der Waals surface area contributed by atoms with Crippen molar-refractivity contribution in [3.8, 4) is 0 Å². The van der Waals surface area contributed by atoms with Crippen LogP contribution in [0.4, 0.5) is 5.82 Å². The number of pyridine rings is 1. The van der Waals surface area contributed by atoms with Gasteiger partial charge in [0.2, 0.25) is 0 Å². The molecule has 0 radical (unpaired) electrons. The molecule has 0 atom stereocenters. The molecule has 1 aromatic carbocycles. The van der Waals surface area contributed by atoms with Gasteiger partial charge >= 0.3 is 0 Å². The molecule has 4 heteroatoms. The van der Waals surface area contributed by atoms with Crippen molar-refractivity contribution >= 4 is 29.0 Å². The maximum Gasteiger partial charge on any atom is 0.129 e. The molecule has 0 aliphatic rings. The van der Waals surface area contributed by atoms with E-state index in [0.29, 0.717) is 10.9 Å². The molecule has 0 saturated carbocycles. The molecule has 0 fully saturated rings. The predicted octanol–water partition coefficient (Wildman–Crippen LogP) is 4.50. The number of nitrogens with zero attached hydrogens (tertiary/aromatic N) is 2. The molecule has 1 aromatic heterocycles. The third-order valence-corrected chi connectivity index (χ3v) is 3.61. The highest BCUT2D eigenvalue weighted by atomic mass is 35.5. The number of hydrogen-bond acceptors (Lipinski definition) is 2. The van der Waals surface area contributed by atoms with Crippen LogP contribution in [0.1, 0.15) is 18.1 Å². The SMILES string of the molecule is CCN(Cc1ccccc1)c1cc(CCl)c(Cl)cn1. The summed E-state index contributed by atoms with van der Waals surface area (Å²) in [5.41, 5.74) is 2.17. The number of benzene rings is 1. The third-order valence-electron chi connectivity index (χ3n) is 2.99. The van der Waals surface area contributed by atoms with Crippen LogP contribution in [0.2, 0.25) is 5.02 Å². The van der Waals surface area contributed by atoms with Crippen LogP contribution < -0.4 is 4.90 Å². The second-order valence-electron chi connectivity index (χ2n) is 4.27. The van der Waals surface area contributed by atoms with Gasteiger partial charge in [-0.15, -0.1) is 11.6 Å². The molecule has 0 aliphatic carbocycles. The van der Waals surface area contributed by atoms with E-state index in [1.165, 1.54) is 5.56 Å². The average Bonchev–Trinajstić information content (AvgIpc) is 2.46. The molecule has 0 amide bonds. The first-order valence-electron chi connectivity index (χ1n) is 6.24. The minimum atomic E-state index is 0.400. The Morgan fingerprint density at radius 3 is 2.58 bits per heavy atom. The zero-order valence-electron chi connectivity index (χ0n) is 10.8. The van der Waals surface area contributed by atoms with Gasteiger partial charge in [0.15, 0.2) is 0 Å². The van der Waals surface area contributed by atoms with Crippen LogP contribution in [0.5, 0.6) is 0 Å². The fourth-order valence-electron chi connectivity index (χ4n) is 1.90. The Bertz CT molecular complexity index is 529. The van der Waals surface area contributed by atoms with Crippen molar-refractivity contribution in [3.63, 3.8) is 0 Å². The smallest absolute Gasteiger partial charge is 0.129 e. The van der Waals surface area contributed by atoms with Crippen LogP contribution in [-0.2, 0) is 12.4 Å². The molecule has 0 N–H and O–H groups in total. The van der Waals surface area contributed by atoms with Gasteiger partial charge in [-0.05, 0) is 24.1 Å². The van der Waals surface area contributed by atoms with Crippen molar-refractivity contribution < 1.29 is 0 Å². The standard InChI is InChI=1S/C15H16Cl2N2/c1-2-19(11-12-6-4-3-5-7-12)15-8-13(9-16)14(17)10-18-15/h3-8,10H,2,9,11H2,1H3. The summed E-state index contributed by atoms with van der Waals surface area (Å²) in [5.74, 6) is 1.31. The molecule has 0 saturated heterocycles. The van der Waals surface area contributed by atoms with Gasteiger partial charge in [-0.25, -0.2) is 4.98 Å². The van der Waals surface area contributed by atoms with E-state index in [0.717, 1.165) is 24.5 Å². The first-order chi connectivity index (χ1) is 9.24. The first kappa shape index (κ1) is 14.2.